The van der Waals surface area contributed by atoms with Crippen molar-refractivity contribution in [2.45, 2.75) is 13.0 Å². The molecule has 1 unspecified atom stereocenters. The molecule has 0 saturated heterocycles. The van der Waals surface area contributed by atoms with Crippen LogP contribution in [0.25, 0.3) is 0 Å². The molecular weight excluding hydrogens is 258 g/mol. The maximum Gasteiger partial charge on any atom is 0.124 e. The Kier molecular flexibility index (Phi) is 4.96. The Morgan fingerprint density at radius 3 is 2.63 bits per heavy atom. The molecule has 2 rings (SSSR count). The number of ether oxygens (including phenoxy) is 2. The first-order chi connectivity index (χ1) is 9.24. The zero-order valence-electron chi connectivity index (χ0n) is 11.3. The molecule has 1 atom stereocenters. The van der Waals surface area contributed by atoms with Gasteiger partial charge in [0.1, 0.15) is 12.4 Å². The van der Waals surface area contributed by atoms with Crippen LogP contribution in [-0.4, -0.2) is 20.3 Å². The third kappa shape index (κ3) is 3.35. The average Bonchev–Trinajstić information content (AvgIpc) is 2.85. The largest absolute Gasteiger partial charge is 0.491 e. The Morgan fingerprint density at radius 2 is 1.95 bits per heavy atom. The minimum absolute atomic E-state index is 0.148. The van der Waals surface area contributed by atoms with E-state index in [4.69, 9.17) is 15.2 Å². The highest BCUT2D eigenvalue weighted by Crippen LogP contribution is 2.31. The monoisotopic (exact) mass is 277 g/mol. The SMILES string of the molecule is COCCOc1ccccc1C(N)c1cscc1C. The van der Waals surface area contributed by atoms with Crippen LogP contribution in [0.15, 0.2) is 35.0 Å². The van der Waals surface area contributed by atoms with E-state index in [2.05, 4.69) is 17.7 Å². The lowest BCUT2D eigenvalue weighted by molar-refractivity contribution is 0.145. The van der Waals surface area contributed by atoms with Crippen LogP contribution in [0.2, 0.25) is 0 Å². The molecule has 19 heavy (non-hydrogen) atoms. The highest BCUT2D eigenvalue weighted by molar-refractivity contribution is 7.08. The van der Waals surface area contributed by atoms with Crippen LogP contribution in [0.5, 0.6) is 5.75 Å². The minimum Gasteiger partial charge on any atom is -0.491 e. The van der Waals surface area contributed by atoms with Gasteiger partial charge in [-0.2, -0.15) is 11.3 Å². The van der Waals surface area contributed by atoms with Crippen LogP contribution in [0, 0.1) is 6.92 Å². The first kappa shape index (κ1) is 14.1. The van der Waals surface area contributed by atoms with E-state index in [1.165, 1.54) is 5.56 Å². The summed E-state index contributed by atoms with van der Waals surface area (Å²) in [6.07, 6.45) is 0. The van der Waals surface area contributed by atoms with Crippen molar-refractivity contribution >= 4 is 11.3 Å². The van der Waals surface area contributed by atoms with Crippen molar-refractivity contribution in [2.75, 3.05) is 20.3 Å². The summed E-state index contributed by atoms with van der Waals surface area (Å²) in [5.41, 5.74) is 9.76. The fraction of sp³-hybridized carbons (Fsp3) is 0.333. The summed E-state index contributed by atoms with van der Waals surface area (Å²) in [5.74, 6) is 0.831. The number of hydrogen-bond donors (Lipinski definition) is 1. The summed E-state index contributed by atoms with van der Waals surface area (Å²) in [7, 11) is 1.66. The molecule has 2 N–H and O–H groups in total. The van der Waals surface area contributed by atoms with E-state index in [1.54, 1.807) is 18.4 Å². The lowest BCUT2D eigenvalue weighted by Crippen LogP contribution is -2.14. The Hall–Kier alpha value is -1.36. The van der Waals surface area contributed by atoms with E-state index in [1.807, 2.05) is 24.3 Å². The summed E-state index contributed by atoms with van der Waals surface area (Å²) in [6.45, 7) is 3.18. The number of rotatable bonds is 6. The quantitative estimate of drug-likeness (QED) is 0.825. The van der Waals surface area contributed by atoms with Gasteiger partial charge in [0.15, 0.2) is 0 Å². The van der Waals surface area contributed by atoms with Crippen molar-refractivity contribution in [3.8, 4) is 5.75 Å². The predicted molar refractivity (Wildman–Crippen MR) is 78.9 cm³/mol. The van der Waals surface area contributed by atoms with Crippen molar-refractivity contribution in [1.82, 2.24) is 0 Å². The van der Waals surface area contributed by atoms with Crippen LogP contribution >= 0.6 is 11.3 Å². The van der Waals surface area contributed by atoms with E-state index in [0.717, 1.165) is 16.9 Å². The molecule has 1 aromatic heterocycles. The van der Waals surface area contributed by atoms with E-state index in [9.17, 15) is 0 Å². The van der Waals surface area contributed by atoms with Crippen LogP contribution < -0.4 is 10.5 Å². The third-order valence-electron chi connectivity index (χ3n) is 3.03. The molecular formula is C15H19NO2S. The Balaban J connectivity index is 2.21. The van der Waals surface area contributed by atoms with Gasteiger partial charge in [0, 0.05) is 12.7 Å². The van der Waals surface area contributed by atoms with Crippen molar-refractivity contribution in [3.05, 3.63) is 51.7 Å². The Morgan fingerprint density at radius 1 is 1.16 bits per heavy atom. The number of para-hydroxylation sites is 1. The molecule has 4 heteroatoms. The zero-order chi connectivity index (χ0) is 13.7. The van der Waals surface area contributed by atoms with Crippen LogP contribution in [-0.2, 0) is 4.74 Å². The molecule has 0 fully saturated rings. The molecule has 0 aliphatic rings. The molecule has 102 valence electrons. The fourth-order valence-corrected chi connectivity index (χ4v) is 2.85. The molecule has 0 aliphatic heterocycles. The number of methoxy groups -OCH3 is 1. The molecule has 0 saturated carbocycles. The van der Waals surface area contributed by atoms with Crippen molar-refractivity contribution in [1.29, 1.82) is 0 Å². The smallest absolute Gasteiger partial charge is 0.124 e. The lowest BCUT2D eigenvalue weighted by atomic mass is 9.98. The van der Waals surface area contributed by atoms with E-state index in [0.29, 0.717) is 13.2 Å². The van der Waals surface area contributed by atoms with Gasteiger partial charge in [-0.25, -0.2) is 0 Å². The number of aryl methyl sites for hydroxylation is 1. The molecule has 0 radical (unpaired) electrons. The second-order valence-corrected chi connectivity index (χ2v) is 5.11. The fourth-order valence-electron chi connectivity index (χ4n) is 1.96. The van der Waals surface area contributed by atoms with Crippen molar-refractivity contribution in [2.24, 2.45) is 5.73 Å². The maximum absolute atomic E-state index is 6.36. The van der Waals surface area contributed by atoms with Crippen LogP contribution in [0.3, 0.4) is 0 Å². The van der Waals surface area contributed by atoms with Gasteiger partial charge < -0.3 is 15.2 Å². The van der Waals surface area contributed by atoms with Crippen molar-refractivity contribution in [3.63, 3.8) is 0 Å². The summed E-state index contributed by atoms with van der Waals surface area (Å²) < 4.78 is 10.7. The van der Waals surface area contributed by atoms with Gasteiger partial charge >= 0.3 is 0 Å². The van der Waals surface area contributed by atoms with Gasteiger partial charge in [-0.15, -0.1) is 0 Å². The standard InChI is InChI=1S/C15H19NO2S/c1-11-9-19-10-13(11)15(16)12-5-3-4-6-14(12)18-8-7-17-2/h3-6,9-10,15H,7-8,16H2,1-2H3. The summed E-state index contributed by atoms with van der Waals surface area (Å²) in [6, 6.07) is 7.76. The van der Waals surface area contributed by atoms with E-state index in [-0.39, 0.29) is 6.04 Å². The Bertz CT molecular complexity index is 524. The molecule has 0 amide bonds. The summed E-state index contributed by atoms with van der Waals surface area (Å²) >= 11 is 1.68. The molecule has 0 bridgehead atoms. The molecule has 0 aliphatic carbocycles. The zero-order valence-corrected chi connectivity index (χ0v) is 12.1. The summed E-state index contributed by atoms with van der Waals surface area (Å²) in [4.78, 5) is 0. The molecule has 1 heterocycles. The second kappa shape index (κ2) is 6.70. The van der Waals surface area contributed by atoms with Gasteiger partial charge in [-0.05, 0) is 34.9 Å². The van der Waals surface area contributed by atoms with Crippen molar-refractivity contribution < 1.29 is 9.47 Å². The first-order valence-electron chi connectivity index (χ1n) is 6.23. The maximum atomic E-state index is 6.36. The van der Waals surface area contributed by atoms with E-state index < -0.39 is 0 Å². The topological polar surface area (TPSA) is 44.5 Å². The first-order valence-corrected chi connectivity index (χ1v) is 7.17. The summed E-state index contributed by atoms with van der Waals surface area (Å²) in [5, 5.41) is 4.22. The molecule has 2 aromatic rings. The highest BCUT2D eigenvalue weighted by Gasteiger charge is 2.16. The molecule has 0 spiro atoms. The molecule has 3 nitrogen and oxygen atoms in total. The third-order valence-corrected chi connectivity index (χ3v) is 3.91. The van der Waals surface area contributed by atoms with Gasteiger partial charge in [0.2, 0.25) is 0 Å². The van der Waals surface area contributed by atoms with Crippen LogP contribution in [0.1, 0.15) is 22.7 Å². The normalized spacial score (nSPS) is 12.4. The number of thiophene rings is 1. The van der Waals surface area contributed by atoms with Crippen LogP contribution in [0.4, 0.5) is 0 Å². The Labute approximate surface area is 118 Å². The van der Waals surface area contributed by atoms with Gasteiger partial charge in [0.05, 0.1) is 12.6 Å². The lowest BCUT2D eigenvalue weighted by Gasteiger charge is -2.17. The molecule has 1 aromatic carbocycles. The highest BCUT2D eigenvalue weighted by atomic mass is 32.1. The van der Waals surface area contributed by atoms with Gasteiger partial charge in [-0.1, -0.05) is 18.2 Å². The van der Waals surface area contributed by atoms with Gasteiger partial charge in [-0.3, -0.25) is 0 Å². The minimum atomic E-state index is -0.148. The average molecular weight is 277 g/mol. The number of hydrogen-bond acceptors (Lipinski definition) is 4. The van der Waals surface area contributed by atoms with Gasteiger partial charge in [0.25, 0.3) is 0 Å². The number of benzene rings is 1. The van der Waals surface area contributed by atoms with E-state index >= 15 is 0 Å². The number of nitrogens with two attached hydrogens (primary N) is 1. The second-order valence-electron chi connectivity index (χ2n) is 4.37. The predicted octanol–water partition coefficient (Wildman–Crippen LogP) is 3.13.